The van der Waals surface area contributed by atoms with Gasteiger partial charge in [0.25, 0.3) is 5.91 Å². The molecule has 0 aliphatic rings. The number of nitrogens with zero attached hydrogens (tertiary/aromatic N) is 2. The molecule has 88 valence electrons. The first kappa shape index (κ1) is 13.5. The average molecular weight is 306 g/mol. The van der Waals surface area contributed by atoms with Gasteiger partial charge < -0.3 is 4.90 Å². The Balaban J connectivity index is 2.67. The minimum Gasteiger partial charge on any atom is -0.340 e. The SMILES string of the molecule is CC(Cl)CCN(C)C(=O)c1ncccc1Br. The van der Waals surface area contributed by atoms with E-state index in [2.05, 4.69) is 20.9 Å². The lowest BCUT2D eigenvalue weighted by molar-refractivity contribution is 0.0787. The molecule has 5 heteroatoms. The Kier molecular flexibility index (Phi) is 5.22. The summed E-state index contributed by atoms with van der Waals surface area (Å²) in [6.07, 6.45) is 2.38. The number of halogens is 2. The molecule has 3 nitrogen and oxygen atoms in total. The highest BCUT2D eigenvalue weighted by Crippen LogP contribution is 2.15. The fourth-order valence-corrected chi connectivity index (χ4v) is 1.72. The van der Waals surface area contributed by atoms with E-state index in [1.54, 1.807) is 30.3 Å². The third kappa shape index (κ3) is 3.76. The molecule has 1 atom stereocenters. The highest BCUT2D eigenvalue weighted by molar-refractivity contribution is 9.10. The number of pyridine rings is 1. The standard InChI is InChI=1S/C11H14BrClN2O/c1-8(13)5-7-15(2)11(16)10-9(12)4-3-6-14-10/h3-4,6,8H,5,7H2,1-2H3. The number of carbonyl (C=O) groups excluding carboxylic acids is 1. The quantitative estimate of drug-likeness (QED) is 0.801. The predicted molar refractivity (Wildman–Crippen MR) is 68.8 cm³/mol. The molecule has 1 heterocycles. The lowest BCUT2D eigenvalue weighted by Crippen LogP contribution is -2.29. The Morgan fingerprint density at radius 2 is 2.38 bits per heavy atom. The lowest BCUT2D eigenvalue weighted by atomic mass is 10.3. The van der Waals surface area contributed by atoms with Gasteiger partial charge in [0.1, 0.15) is 5.69 Å². The normalized spacial score (nSPS) is 12.2. The van der Waals surface area contributed by atoms with Crippen molar-refractivity contribution in [1.82, 2.24) is 9.88 Å². The molecule has 0 radical (unpaired) electrons. The molecule has 0 saturated heterocycles. The molecule has 0 aromatic carbocycles. The molecule has 1 amide bonds. The van der Waals surface area contributed by atoms with Gasteiger partial charge in [-0.25, -0.2) is 4.98 Å². The third-order valence-corrected chi connectivity index (χ3v) is 3.03. The molecular formula is C11H14BrClN2O. The third-order valence-electron chi connectivity index (χ3n) is 2.17. The molecule has 0 aliphatic heterocycles. The number of carbonyl (C=O) groups is 1. The number of amides is 1. The van der Waals surface area contributed by atoms with Crippen LogP contribution in [0.25, 0.3) is 0 Å². The van der Waals surface area contributed by atoms with Crippen LogP contribution in [0.5, 0.6) is 0 Å². The summed E-state index contributed by atoms with van der Waals surface area (Å²) in [6, 6.07) is 3.58. The predicted octanol–water partition coefficient (Wildman–Crippen LogP) is 2.93. The van der Waals surface area contributed by atoms with Crippen molar-refractivity contribution >= 4 is 33.4 Å². The zero-order chi connectivity index (χ0) is 12.1. The maximum absolute atomic E-state index is 12.0. The molecule has 0 N–H and O–H groups in total. The number of hydrogen-bond acceptors (Lipinski definition) is 2. The van der Waals surface area contributed by atoms with Crippen LogP contribution in [0.15, 0.2) is 22.8 Å². The van der Waals surface area contributed by atoms with Gasteiger partial charge in [-0.2, -0.15) is 0 Å². The van der Waals surface area contributed by atoms with Crippen molar-refractivity contribution in [2.24, 2.45) is 0 Å². The van der Waals surface area contributed by atoms with Crippen LogP contribution < -0.4 is 0 Å². The Morgan fingerprint density at radius 3 is 2.94 bits per heavy atom. The van der Waals surface area contributed by atoms with E-state index >= 15 is 0 Å². The first-order chi connectivity index (χ1) is 7.52. The molecule has 0 bridgehead atoms. The molecular weight excluding hydrogens is 291 g/mol. The molecule has 0 spiro atoms. The fourth-order valence-electron chi connectivity index (χ4n) is 1.20. The van der Waals surface area contributed by atoms with Gasteiger partial charge in [0.2, 0.25) is 0 Å². The maximum atomic E-state index is 12.0. The van der Waals surface area contributed by atoms with Crippen LogP contribution in [0.2, 0.25) is 0 Å². The van der Waals surface area contributed by atoms with E-state index in [-0.39, 0.29) is 11.3 Å². The molecule has 0 aliphatic carbocycles. The van der Waals surface area contributed by atoms with Crippen LogP contribution in [-0.4, -0.2) is 34.8 Å². The number of hydrogen-bond donors (Lipinski definition) is 0. The average Bonchev–Trinajstić information content (AvgIpc) is 2.25. The molecule has 0 fully saturated rings. The second-order valence-corrected chi connectivity index (χ2v) is 5.23. The van der Waals surface area contributed by atoms with Gasteiger partial charge in [-0.3, -0.25) is 4.79 Å². The van der Waals surface area contributed by atoms with Gasteiger partial charge in [0.15, 0.2) is 0 Å². The lowest BCUT2D eigenvalue weighted by Gasteiger charge is -2.17. The Morgan fingerprint density at radius 1 is 1.69 bits per heavy atom. The molecule has 16 heavy (non-hydrogen) atoms. The minimum atomic E-state index is -0.0928. The van der Waals surface area contributed by atoms with Crippen molar-refractivity contribution in [2.45, 2.75) is 18.7 Å². The van der Waals surface area contributed by atoms with Gasteiger partial charge in [-0.1, -0.05) is 0 Å². The van der Waals surface area contributed by atoms with E-state index in [0.717, 1.165) is 6.42 Å². The highest BCUT2D eigenvalue weighted by Gasteiger charge is 2.15. The second kappa shape index (κ2) is 6.21. The summed E-state index contributed by atoms with van der Waals surface area (Å²) >= 11 is 9.15. The monoisotopic (exact) mass is 304 g/mol. The van der Waals surface area contributed by atoms with Crippen LogP contribution in [0, 0.1) is 0 Å². The summed E-state index contributed by atoms with van der Waals surface area (Å²) in [4.78, 5) is 17.7. The highest BCUT2D eigenvalue weighted by atomic mass is 79.9. The van der Waals surface area contributed by atoms with Crippen molar-refractivity contribution in [3.05, 3.63) is 28.5 Å². The van der Waals surface area contributed by atoms with Crippen LogP contribution in [-0.2, 0) is 0 Å². The van der Waals surface area contributed by atoms with E-state index in [1.165, 1.54) is 0 Å². The van der Waals surface area contributed by atoms with E-state index in [4.69, 9.17) is 11.6 Å². The van der Waals surface area contributed by atoms with Gasteiger partial charge in [0.05, 0.1) is 0 Å². The summed E-state index contributed by atoms with van der Waals surface area (Å²) in [5, 5.41) is 0.0717. The van der Waals surface area contributed by atoms with Gasteiger partial charge in [-0.15, -0.1) is 11.6 Å². The number of aromatic nitrogens is 1. The van der Waals surface area contributed by atoms with E-state index in [0.29, 0.717) is 16.7 Å². The van der Waals surface area contributed by atoms with Crippen molar-refractivity contribution in [1.29, 1.82) is 0 Å². The topological polar surface area (TPSA) is 33.2 Å². The summed E-state index contributed by atoms with van der Waals surface area (Å²) in [7, 11) is 1.75. The molecule has 1 aromatic heterocycles. The van der Waals surface area contributed by atoms with Gasteiger partial charge >= 0.3 is 0 Å². The fraction of sp³-hybridized carbons (Fsp3) is 0.455. The number of rotatable bonds is 4. The zero-order valence-electron chi connectivity index (χ0n) is 9.28. The Hall–Kier alpha value is -0.610. The summed E-state index contributed by atoms with van der Waals surface area (Å²) in [5.74, 6) is -0.0928. The van der Waals surface area contributed by atoms with Crippen molar-refractivity contribution in [3.63, 3.8) is 0 Å². The molecule has 1 unspecified atom stereocenters. The smallest absolute Gasteiger partial charge is 0.273 e. The maximum Gasteiger partial charge on any atom is 0.273 e. The minimum absolute atomic E-state index is 0.0717. The van der Waals surface area contributed by atoms with Crippen LogP contribution in [0.3, 0.4) is 0 Å². The Labute approximate surface area is 109 Å². The zero-order valence-corrected chi connectivity index (χ0v) is 11.6. The van der Waals surface area contributed by atoms with E-state index in [1.807, 2.05) is 6.92 Å². The largest absolute Gasteiger partial charge is 0.340 e. The van der Waals surface area contributed by atoms with Gasteiger partial charge in [-0.05, 0) is 41.4 Å². The first-order valence-electron chi connectivity index (χ1n) is 5.02. The van der Waals surface area contributed by atoms with Crippen molar-refractivity contribution in [3.8, 4) is 0 Å². The molecule has 1 rings (SSSR count). The molecule has 0 saturated carbocycles. The Bertz CT molecular complexity index is 371. The van der Waals surface area contributed by atoms with E-state index < -0.39 is 0 Å². The van der Waals surface area contributed by atoms with Crippen LogP contribution in [0.4, 0.5) is 0 Å². The van der Waals surface area contributed by atoms with E-state index in [9.17, 15) is 4.79 Å². The van der Waals surface area contributed by atoms with Gasteiger partial charge in [0, 0.05) is 29.6 Å². The summed E-state index contributed by atoms with van der Waals surface area (Å²) in [6.45, 7) is 2.54. The summed E-state index contributed by atoms with van der Waals surface area (Å²) < 4.78 is 0.714. The van der Waals surface area contributed by atoms with Crippen LogP contribution in [0.1, 0.15) is 23.8 Å². The second-order valence-electron chi connectivity index (χ2n) is 3.63. The van der Waals surface area contributed by atoms with Crippen molar-refractivity contribution in [2.75, 3.05) is 13.6 Å². The first-order valence-corrected chi connectivity index (χ1v) is 6.25. The summed E-state index contributed by atoms with van der Waals surface area (Å²) in [5.41, 5.74) is 0.437. The van der Waals surface area contributed by atoms with Crippen LogP contribution >= 0.6 is 27.5 Å². The number of alkyl halides is 1. The van der Waals surface area contributed by atoms with Crippen molar-refractivity contribution < 1.29 is 4.79 Å². The molecule has 1 aromatic rings.